The van der Waals surface area contributed by atoms with E-state index in [1.807, 2.05) is 56.3 Å². The monoisotopic (exact) mass is 347 g/mol. The topological polar surface area (TPSA) is 38.3 Å². The molecule has 0 saturated heterocycles. The summed E-state index contributed by atoms with van der Waals surface area (Å²) in [5, 5.41) is 2.89. The minimum absolute atomic E-state index is 0.000957. The highest BCUT2D eigenvalue weighted by Gasteiger charge is 2.07. The molecule has 4 heteroatoms. The molecule has 0 unspecified atom stereocenters. The second-order valence-corrected chi connectivity index (χ2v) is 5.64. The lowest BCUT2D eigenvalue weighted by atomic mass is 10.2. The van der Waals surface area contributed by atoms with Crippen LogP contribution in [0.25, 0.3) is 0 Å². The SMILES string of the molecule is CCC(=O)Nc1ccccc1COc1ccc(C)cc1Br. The van der Waals surface area contributed by atoms with E-state index < -0.39 is 0 Å². The summed E-state index contributed by atoms with van der Waals surface area (Å²) in [5.41, 5.74) is 2.92. The van der Waals surface area contributed by atoms with Crippen LogP contribution in [0.5, 0.6) is 5.75 Å². The number of aryl methyl sites for hydroxylation is 1. The number of nitrogens with one attached hydrogen (secondary N) is 1. The van der Waals surface area contributed by atoms with Crippen LogP contribution in [0, 0.1) is 6.92 Å². The maximum atomic E-state index is 11.5. The number of anilines is 1. The molecular weight excluding hydrogens is 330 g/mol. The summed E-state index contributed by atoms with van der Waals surface area (Å²) < 4.78 is 6.76. The molecule has 1 amide bonds. The van der Waals surface area contributed by atoms with Crippen LogP contribution < -0.4 is 10.1 Å². The quantitative estimate of drug-likeness (QED) is 0.852. The van der Waals surface area contributed by atoms with E-state index in [1.54, 1.807) is 0 Å². The number of carbonyl (C=O) groups is 1. The Kier molecular flexibility index (Phi) is 5.39. The third-order valence-corrected chi connectivity index (χ3v) is 3.70. The molecule has 2 aromatic rings. The van der Waals surface area contributed by atoms with E-state index in [0.717, 1.165) is 21.5 Å². The molecule has 0 saturated carbocycles. The average Bonchev–Trinajstić information content (AvgIpc) is 2.47. The number of amides is 1. The van der Waals surface area contributed by atoms with E-state index >= 15 is 0 Å². The van der Waals surface area contributed by atoms with Crippen molar-refractivity contribution in [2.24, 2.45) is 0 Å². The Labute approximate surface area is 133 Å². The molecular formula is C17H18BrNO2. The summed E-state index contributed by atoms with van der Waals surface area (Å²) >= 11 is 3.50. The Morgan fingerprint density at radius 3 is 2.71 bits per heavy atom. The molecule has 0 bridgehead atoms. The number of rotatable bonds is 5. The molecule has 2 aromatic carbocycles. The lowest BCUT2D eigenvalue weighted by molar-refractivity contribution is -0.115. The Hall–Kier alpha value is -1.81. The van der Waals surface area contributed by atoms with Gasteiger partial charge < -0.3 is 10.1 Å². The number of halogens is 1. The molecule has 1 N–H and O–H groups in total. The largest absolute Gasteiger partial charge is 0.488 e. The van der Waals surface area contributed by atoms with Crippen molar-refractivity contribution in [1.82, 2.24) is 0 Å². The van der Waals surface area contributed by atoms with Gasteiger partial charge in [0.25, 0.3) is 0 Å². The summed E-state index contributed by atoms with van der Waals surface area (Å²) in [6.07, 6.45) is 0.457. The standard InChI is InChI=1S/C17H18BrNO2/c1-3-17(20)19-15-7-5-4-6-13(15)11-21-16-9-8-12(2)10-14(16)18/h4-10H,3,11H2,1-2H3,(H,19,20). The first-order chi connectivity index (χ1) is 10.1. The summed E-state index contributed by atoms with van der Waals surface area (Å²) in [4.78, 5) is 11.5. The molecule has 0 radical (unpaired) electrons. The third kappa shape index (κ3) is 4.33. The maximum absolute atomic E-state index is 11.5. The van der Waals surface area contributed by atoms with Crippen LogP contribution in [0.1, 0.15) is 24.5 Å². The highest BCUT2D eigenvalue weighted by molar-refractivity contribution is 9.10. The molecule has 0 heterocycles. The highest BCUT2D eigenvalue weighted by atomic mass is 79.9. The van der Waals surface area contributed by atoms with Gasteiger partial charge in [0.1, 0.15) is 12.4 Å². The molecule has 0 atom stereocenters. The van der Waals surface area contributed by atoms with E-state index in [2.05, 4.69) is 21.2 Å². The average molecular weight is 348 g/mol. The molecule has 0 fully saturated rings. The zero-order valence-electron chi connectivity index (χ0n) is 12.2. The van der Waals surface area contributed by atoms with Gasteiger partial charge in [-0.25, -0.2) is 0 Å². The summed E-state index contributed by atoms with van der Waals surface area (Å²) in [7, 11) is 0. The number of para-hydroxylation sites is 1. The minimum atomic E-state index is -0.000957. The van der Waals surface area contributed by atoms with Gasteiger partial charge in [0.15, 0.2) is 0 Å². The van der Waals surface area contributed by atoms with Crippen molar-refractivity contribution >= 4 is 27.5 Å². The zero-order chi connectivity index (χ0) is 15.2. The summed E-state index contributed by atoms with van der Waals surface area (Å²) in [5.74, 6) is 0.788. The Balaban J connectivity index is 2.11. The predicted octanol–water partition coefficient (Wildman–Crippen LogP) is 4.69. The van der Waals surface area contributed by atoms with Crippen LogP contribution >= 0.6 is 15.9 Å². The van der Waals surface area contributed by atoms with Gasteiger partial charge in [-0.2, -0.15) is 0 Å². The molecule has 3 nitrogen and oxygen atoms in total. The van der Waals surface area contributed by atoms with Gasteiger partial charge >= 0.3 is 0 Å². The van der Waals surface area contributed by atoms with Crippen LogP contribution in [0.15, 0.2) is 46.9 Å². The highest BCUT2D eigenvalue weighted by Crippen LogP contribution is 2.27. The van der Waals surface area contributed by atoms with Crippen molar-refractivity contribution < 1.29 is 9.53 Å². The van der Waals surface area contributed by atoms with Crippen molar-refractivity contribution in [3.63, 3.8) is 0 Å². The van der Waals surface area contributed by atoms with E-state index in [4.69, 9.17) is 4.74 Å². The van der Waals surface area contributed by atoms with Gasteiger partial charge in [-0.05, 0) is 46.6 Å². The van der Waals surface area contributed by atoms with Crippen LogP contribution in [-0.2, 0) is 11.4 Å². The number of benzene rings is 2. The molecule has 0 aliphatic heterocycles. The molecule has 0 aliphatic carbocycles. The minimum Gasteiger partial charge on any atom is -0.488 e. The second-order valence-electron chi connectivity index (χ2n) is 4.78. The fraction of sp³-hybridized carbons (Fsp3) is 0.235. The summed E-state index contributed by atoms with van der Waals surface area (Å²) in [6.45, 7) is 4.27. The fourth-order valence-corrected chi connectivity index (χ4v) is 2.49. The lowest BCUT2D eigenvalue weighted by Crippen LogP contribution is -2.12. The summed E-state index contributed by atoms with van der Waals surface area (Å²) in [6, 6.07) is 13.6. The number of hydrogen-bond donors (Lipinski definition) is 1. The van der Waals surface area contributed by atoms with Crippen molar-refractivity contribution in [2.45, 2.75) is 26.9 Å². The molecule has 2 rings (SSSR count). The van der Waals surface area contributed by atoms with Crippen LogP contribution in [0.4, 0.5) is 5.69 Å². The number of carbonyl (C=O) groups excluding carboxylic acids is 1. The Morgan fingerprint density at radius 1 is 1.24 bits per heavy atom. The third-order valence-electron chi connectivity index (χ3n) is 3.08. The fourth-order valence-electron chi connectivity index (χ4n) is 1.89. The maximum Gasteiger partial charge on any atom is 0.224 e. The first-order valence-electron chi connectivity index (χ1n) is 6.87. The normalized spacial score (nSPS) is 10.2. The first kappa shape index (κ1) is 15.6. The molecule has 0 aliphatic rings. The van der Waals surface area contributed by atoms with Gasteiger partial charge in [-0.1, -0.05) is 31.2 Å². The predicted molar refractivity (Wildman–Crippen MR) is 88.6 cm³/mol. The smallest absolute Gasteiger partial charge is 0.224 e. The molecule has 0 spiro atoms. The van der Waals surface area contributed by atoms with Gasteiger partial charge in [0, 0.05) is 17.7 Å². The van der Waals surface area contributed by atoms with Crippen molar-refractivity contribution in [3.05, 3.63) is 58.1 Å². The molecule has 0 aromatic heterocycles. The molecule has 110 valence electrons. The first-order valence-corrected chi connectivity index (χ1v) is 7.66. The zero-order valence-corrected chi connectivity index (χ0v) is 13.7. The lowest BCUT2D eigenvalue weighted by Gasteiger charge is -2.13. The Bertz CT molecular complexity index is 640. The number of ether oxygens (including phenoxy) is 1. The van der Waals surface area contributed by atoms with Crippen LogP contribution in [0.3, 0.4) is 0 Å². The van der Waals surface area contributed by atoms with E-state index in [9.17, 15) is 4.79 Å². The second kappa shape index (κ2) is 7.27. The number of hydrogen-bond acceptors (Lipinski definition) is 2. The van der Waals surface area contributed by atoms with Crippen molar-refractivity contribution in [3.8, 4) is 5.75 Å². The van der Waals surface area contributed by atoms with Gasteiger partial charge in [-0.3, -0.25) is 4.79 Å². The van der Waals surface area contributed by atoms with Crippen molar-refractivity contribution in [1.29, 1.82) is 0 Å². The van der Waals surface area contributed by atoms with E-state index in [1.165, 1.54) is 5.56 Å². The van der Waals surface area contributed by atoms with Crippen molar-refractivity contribution in [2.75, 3.05) is 5.32 Å². The van der Waals surface area contributed by atoms with Gasteiger partial charge in [0.05, 0.1) is 4.47 Å². The van der Waals surface area contributed by atoms with Crippen LogP contribution in [-0.4, -0.2) is 5.91 Å². The van der Waals surface area contributed by atoms with Gasteiger partial charge in [0.2, 0.25) is 5.91 Å². The Morgan fingerprint density at radius 2 is 2.00 bits per heavy atom. The van der Waals surface area contributed by atoms with Gasteiger partial charge in [-0.15, -0.1) is 0 Å². The van der Waals surface area contributed by atoms with E-state index in [-0.39, 0.29) is 5.91 Å². The van der Waals surface area contributed by atoms with Crippen LogP contribution in [0.2, 0.25) is 0 Å². The molecule has 21 heavy (non-hydrogen) atoms. The van der Waals surface area contributed by atoms with E-state index in [0.29, 0.717) is 13.0 Å².